The van der Waals surface area contributed by atoms with Crippen LogP contribution in [-0.2, 0) is 20.7 Å². The van der Waals surface area contributed by atoms with E-state index in [1.165, 1.54) is 0 Å². The van der Waals surface area contributed by atoms with Crippen molar-refractivity contribution >= 4 is 24.1 Å². The maximum atomic E-state index is 13.4. The molecule has 0 saturated heterocycles. The predicted molar refractivity (Wildman–Crippen MR) is 131 cm³/mol. The Morgan fingerprint density at radius 3 is 1.85 bits per heavy atom. The minimum Gasteiger partial charge on any atom is -0.444 e. The standard InChI is InChI=1S/C26H33N3O5/c1-25(2,3)33-23(31)28-22(29-24(32)34-26(4,5)6)27-21(30)20(19-15-11-8-12-16-19)17-18-13-9-7-10-14-18/h7-16,20H,17H2,1-6H3,(H2,27,28,29,30,31,32). The molecule has 0 spiro atoms. The van der Waals surface area contributed by atoms with E-state index >= 15 is 0 Å². The van der Waals surface area contributed by atoms with Gasteiger partial charge in [-0.2, -0.15) is 0 Å². The van der Waals surface area contributed by atoms with E-state index in [-0.39, 0.29) is 5.96 Å². The van der Waals surface area contributed by atoms with Crippen molar-refractivity contribution in [2.45, 2.75) is 65.1 Å². The van der Waals surface area contributed by atoms with Crippen LogP contribution in [0.15, 0.2) is 65.7 Å². The molecule has 8 heteroatoms. The molecule has 1 unspecified atom stereocenters. The molecule has 2 rings (SSSR count). The van der Waals surface area contributed by atoms with Gasteiger partial charge in [0.1, 0.15) is 11.2 Å². The number of nitrogens with one attached hydrogen (secondary N) is 2. The molecule has 0 radical (unpaired) electrons. The molecule has 8 nitrogen and oxygen atoms in total. The van der Waals surface area contributed by atoms with Crippen molar-refractivity contribution in [1.82, 2.24) is 10.6 Å². The van der Waals surface area contributed by atoms with E-state index < -0.39 is 35.2 Å². The summed E-state index contributed by atoms with van der Waals surface area (Å²) >= 11 is 0. The monoisotopic (exact) mass is 467 g/mol. The number of aliphatic imine (C=N–C) groups is 1. The van der Waals surface area contributed by atoms with Crippen molar-refractivity contribution < 1.29 is 23.9 Å². The number of benzene rings is 2. The molecular formula is C26H33N3O5. The Morgan fingerprint density at radius 2 is 1.32 bits per heavy atom. The topological polar surface area (TPSA) is 106 Å². The lowest BCUT2D eigenvalue weighted by molar-refractivity contribution is -0.121. The third kappa shape index (κ3) is 9.85. The van der Waals surface area contributed by atoms with E-state index in [0.717, 1.165) is 11.1 Å². The van der Waals surface area contributed by atoms with Crippen LogP contribution in [0.4, 0.5) is 9.59 Å². The quantitative estimate of drug-likeness (QED) is 0.489. The lowest BCUT2D eigenvalue weighted by Gasteiger charge is -2.22. The molecule has 0 aliphatic rings. The number of guanidine groups is 1. The van der Waals surface area contributed by atoms with E-state index in [4.69, 9.17) is 9.47 Å². The van der Waals surface area contributed by atoms with Crippen molar-refractivity contribution in [2.24, 2.45) is 4.99 Å². The molecule has 0 aliphatic heterocycles. The fourth-order valence-electron chi connectivity index (χ4n) is 2.96. The van der Waals surface area contributed by atoms with Crippen molar-refractivity contribution in [3.63, 3.8) is 0 Å². The number of ether oxygens (including phenoxy) is 2. The van der Waals surface area contributed by atoms with Crippen LogP contribution in [0.3, 0.4) is 0 Å². The highest BCUT2D eigenvalue weighted by atomic mass is 16.6. The molecule has 0 heterocycles. The van der Waals surface area contributed by atoms with Crippen molar-refractivity contribution in [1.29, 1.82) is 0 Å². The summed E-state index contributed by atoms with van der Waals surface area (Å²) in [6, 6.07) is 18.8. The van der Waals surface area contributed by atoms with Crippen molar-refractivity contribution in [2.75, 3.05) is 0 Å². The summed E-state index contributed by atoms with van der Waals surface area (Å²) < 4.78 is 10.4. The molecular weight excluding hydrogens is 434 g/mol. The minimum absolute atomic E-state index is 0.373. The van der Waals surface area contributed by atoms with Crippen LogP contribution in [0.2, 0.25) is 0 Å². The third-order valence-corrected chi connectivity index (χ3v) is 4.26. The summed E-state index contributed by atoms with van der Waals surface area (Å²) in [6.07, 6.45) is -1.42. The van der Waals surface area contributed by atoms with E-state index in [2.05, 4.69) is 15.6 Å². The smallest absolute Gasteiger partial charge is 0.437 e. The maximum Gasteiger partial charge on any atom is 0.437 e. The second-order valence-electron chi connectivity index (χ2n) is 9.71. The second kappa shape index (κ2) is 11.4. The van der Waals surface area contributed by atoms with E-state index in [9.17, 15) is 14.4 Å². The Hall–Kier alpha value is -3.68. The number of amides is 3. The zero-order chi connectivity index (χ0) is 25.4. The summed E-state index contributed by atoms with van der Waals surface area (Å²) in [5.74, 6) is -1.43. The number of rotatable bonds is 4. The summed E-state index contributed by atoms with van der Waals surface area (Å²) in [5.41, 5.74) is 0.141. The van der Waals surface area contributed by atoms with Gasteiger partial charge in [-0.3, -0.25) is 15.4 Å². The molecule has 2 N–H and O–H groups in total. The summed E-state index contributed by atoms with van der Waals surface area (Å²) in [7, 11) is 0. The number of carbonyl (C=O) groups is 3. The first-order valence-corrected chi connectivity index (χ1v) is 11.0. The van der Waals surface area contributed by atoms with Crippen LogP contribution in [0, 0.1) is 0 Å². The fourth-order valence-corrected chi connectivity index (χ4v) is 2.96. The van der Waals surface area contributed by atoms with Gasteiger partial charge in [0.2, 0.25) is 11.9 Å². The molecule has 182 valence electrons. The number of nitrogens with zero attached hydrogens (tertiary/aromatic N) is 1. The highest BCUT2D eigenvalue weighted by molar-refractivity contribution is 6.07. The minimum atomic E-state index is -0.960. The van der Waals surface area contributed by atoms with Gasteiger partial charge in [0, 0.05) is 0 Å². The Morgan fingerprint density at radius 1 is 0.794 bits per heavy atom. The zero-order valence-electron chi connectivity index (χ0n) is 20.5. The van der Waals surface area contributed by atoms with E-state index in [0.29, 0.717) is 6.42 Å². The van der Waals surface area contributed by atoms with Crippen LogP contribution in [0.5, 0.6) is 0 Å². The van der Waals surface area contributed by atoms with Crippen LogP contribution in [0.25, 0.3) is 0 Å². The molecule has 0 saturated carbocycles. The first kappa shape index (κ1) is 26.6. The van der Waals surface area contributed by atoms with Crippen LogP contribution >= 0.6 is 0 Å². The first-order chi connectivity index (χ1) is 15.8. The SMILES string of the molecule is CC(C)(C)OC(=O)N=C(NC(=O)OC(C)(C)C)NC(=O)C(Cc1ccccc1)c1ccccc1. The van der Waals surface area contributed by atoms with Crippen molar-refractivity contribution in [3.05, 3.63) is 71.8 Å². The Labute approximate surface area is 200 Å². The summed E-state index contributed by atoms with van der Waals surface area (Å²) in [4.78, 5) is 41.7. The lowest BCUT2D eigenvalue weighted by atomic mass is 9.91. The van der Waals surface area contributed by atoms with Gasteiger partial charge in [-0.1, -0.05) is 60.7 Å². The molecule has 2 aromatic carbocycles. The Balaban J connectivity index is 2.31. The normalized spacial score (nSPS) is 12.9. The highest BCUT2D eigenvalue weighted by Crippen LogP contribution is 2.21. The maximum absolute atomic E-state index is 13.4. The molecule has 1 atom stereocenters. The molecule has 2 aromatic rings. The van der Waals surface area contributed by atoms with Gasteiger partial charge in [-0.15, -0.1) is 4.99 Å². The predicted octanol–water partition coefficient (Wildman–Crippen LogP) is 4.94. The van der Waals surface area contributed by atoms with Gasteiger partial charge in [-0.05, 0) is 59.1 Å². The zero-order valence-corrected chi connectivity index (χ0v) is 20.5. The van der Waals surface area contributed by atoms with Gasteiger partial charge >= 0.3 is 12.2 Å². The van der Waals surface area contributed by atoms with Gasteiger partial charge in [0.05, 0.1) is 5.92 Å². The summed E-state index contributed by atoms with van der Waals surface area (Å²) in [5, 5.41) is 4.91. The van der Waals surface area contributed by atoms with Gasteiger partial charge in [-0.25, -0.2) is 9.59 Å². The molecule has 0 aromatic heterocycles. The summed E-state index contributed by atoms with van der Waals surface area (Å²) in [6.45, 7) is 10.1. The van der Waals surface area contributed by atoms with Gasteiger partial charge in [0.25, 0.3) is 0 Å². The number of hydrogen-bond donors (Lipinski definition) is 2. The lowest BCUT2D eigenvalue weighted by Crippen LogP contribution is -2.47. The second-order valence-corrected chi connectivity index (χ2v) is 9.71. The Kier molecular flexibility index (Phi) is 8.95. The van der Waals surface area contributed by atoms with E-state index in [1.807, 2.05) is 60.7 Å². The van der Waals surface area contributed by atoms with Crippen LogP contribution in [-0.4, -0.2) is 35.3 Å². The van der Waals surface area contributed by atoms with Gasteiger partial charge in [0.15, 0.2) is 0 Å². The molecule has 3 amide bonds. The van der Waals surface area contributed by atoms with Crippen LogP contribution < -0.4 is 10.6 Å². The number of hydrogen-bond acceptors (Lipinski definition) is 5. The van der Waals surface area contributed by atoms with Crippen molar-refractivity contribution in [3.8, 4) is 0 Å². The van der Waals surface area contributed by atoms with E-state index in [1.54, 1.807) is 41.5 Å². The number of alkyl carbamates (subject to hydrolysis) is 1. The molecule has 34 heavy (non-hydrogen) atoms. The molecule has 0 bridgehead atoms. The fraction of sp³-hybridized carbons (Fsp3) is 0.385. The molecule has 0 aliphatic carbocycles. The van der Waals surface area contributed by atoms with Crippen LogP contribution in [0.1, 0.15) is 58.6 Å². The third-order valence-electron chi connectivity index (χ3n) is 4.26. The first-order valence-electron chi connectivity index (χ1n) is 11.0. The average Bonchev–Trinajstić information content (AvgIpc) is 2.70. The largest absolute Gasteiger partial charge is 0.444 e. The van der Waals surface area contributed by atoms with Gasteiger partial charge < -0.3 is 9.47 Å². The Bertz CT molecular complexity index is 1010. The number of carbonyl (C=O) groups excluding carboxylic acids is 3. The average molecular weight is 468 g/mol. The molecule has 0 fully saturated rings. The highest BCUT2D eigenvalue weighted by Gasteiger charge is 2.25.